The second kappa shape index (κ2) is 5.59. The number of nitrogens with one attached hydrogen (secondary N) is 1. The zero-order chi connectivity index (χ0) is 13.0. The van der Waals surface area contributed by atoms with Gasteiger partial charge in [-0.1, -0.05) is 5.16 Å². The van der Waals surface area contributed by atoms with Crippen molar-refractivity contribution in [2.45, 2.75) is 11.8 Å². The van der Waals surface area contributed by atoms with Crippen molar-refractivity contribution in [3.05, 3.63) is 36.1 Å². The number of benzene rings is 1. The molecule has 2 aromatic rings. The first-order chi connectivity index (χ1) is 8.63. The van der Waals surface area contributed by atoms with Gasteiger partial charge in [0, 0.05) is 11.0 Å². The standard InChI is InChI=1S/C12H12N2O3S/c1-8-6-11(14-17-8)13-12(16)7-18-10-4-2-9(15)3-5-10/h2-6,15H,7H2,1H3,(H,13,14,16). The van der Waals surface area contributed by atoms with Gasteiger partial charge in [-0.3, -0.25) is 4.79 Å². The molecular formula is C12H12N2O3S. The van der Waals surface area contributed by atoms with Crippen molar-refractivity contribution in [2.24, 2.45) is 0 Å². The third-order valence-corrected chi connectivity index (χ3v) is 3.11. The van der Waals surface area contributed by atoms with Crippen molar-refractivity contribution in [3.63, 3.8) is 0 Å². The normalized spacial score (nSPS) is 10.3. The number of aromatic nitrogens is 1. The zero-order valence-electron chi connectivity index (χ0n) is 9.71. The molecule has 2 rings (SSSR count). The van der Waals surface area contributed by atoms with Gasteiger partial charge in [0.25, 0.3) is 0 Å². The number of phenolic OH excluding ortho intramolecular Hbond substituents is 1. The number of aryl methyl sites for hydroxylation is 1. The van der Waals surface area contributed by atoms with E-state index in [1.165, 1.54) is 11.8 Å². The maximum absolute atomic E-state index is 11.6. The molecule has 0 saturated carbocycles. The Bertz CT molecular complexity index is 537. The molecule has 94 valence electrons. The summed E-state index contributed by atoms with van der Waals surface area (Å²) in [6, 6.07) is 8.34. The third kappa shape index (κ3) is 3.53. The largest absolute Gasteiger partial charge is 0.508 e. The molecule has 0 bridgehead atoms. The van der Waals surface area contributed by atoms with E-state index in [9.17, 15) is 4.79 Å². The molecule has 5 nitrogen and oxygen atoms in total. The van der Waals surface area contributed by atoms with E-state index in [4.69, 9.17) is 9.63 Å². The lowest BCUT2D eigenvalue weighted by atomic mass is 10.3. The van der Waals surface area contributed by atoms with E-state index in [2.05, 4.69) is 10.5 Å². The van der Waals surface area contributed by atoms with Gasteiger partial charge in [0.1, 0.15) is 11.5 Å². The Morgan fingerprint density at radius 3 is 2.78 bits per heavy atom. The van der Waals surface area contributed by atoms with Crippen LogP contribution in [0.25, 0.3) is 0 Å². The molecule has 18 heavy (non-hydrogen) atoms. The van der Waals surface area contributed by atoms with Crippen molar-refractivity contribution >= 4 is 23.5 Å². The Kier molecular flexibility index (Phi) is 3.88. The van der Waals surface area contributed by atoms with Crippen LogP contribution in [0.3, 0.4) is 0 Å². The predicted octanol–water partition coefficient (Wildman–Crippen LogP) is 2.42. The second-order valence-electron chi connectivity index (χ2n) is 3.65. The number of phenols is 1. The molecule has 2 N–H and O–H groups in total. The minimum absolute atomic E-state index is 0.152. The second-order valence-corrected chi connectivity index (χ2v) is 4.70. The monoisotopic (exact) mass is 264 g/mol. The molecule has 0 atom stereocenters. The number of carbonyl (C=O) groups excluding carboxylic acids is 1. The molecule has 0 aliphatic heterocycles. The summed E-state index contributed by atoms with van der Waals surface area (Å²) in [6.07, 6.45) is 0. The Balaban J connectivity index is 1.83. The topological polar surface area (TPSA) is 75.4 Å². The van der Waals surface area contributed by atoms with Crippen LogP contribution < -0.4 is 5.32 Å². The molecular weight excluding hydrogens is 252 g/mol. The summed E-state index contributed by atoms with van der Waals surface area (Å²) in [7, 11) is 0. The number of anilines is 1. The molecule has 0 saturated heterocycles. The van der Waals surface area contributed by atoms with E-state index in [0.29, 0.717) is 11.6 Å². The van der Waals surface area contributed by atoms with E-state index < -0.39 is 0 Å². The van der Waals surface area contributed by atoms with Crippen LogP contribution in [0.4, 0.5) is 5.82 Å². The van der Waals surface area contributed by atoms with Crippen molar-refractivity contribution in [3.8, 4) is 5.75 Å². The van der Waals surface area contributed by atoms with Crippen LogP contribution >= 0.6 is 11.8 Å². The minimum Gasteiger partial charge on any atom is -0.508 e. The molecule has 0 unspecified atom stereocenters. The van der Waals surface area contributed by atoms with Gasteiger partial charge >= 0.3 is 0 Å². The van der Waals surface area contributed by atoms with Crippen LogP contribution in [0.1, 0.15) is 5.76 Å². The van der Waals surface area contributed by atoms with Gasteiger partial charge < -0.3 is 14.9 Å². The lowest BCUT2D eigenvalue weighted by Crippen LogP contribution is -2.14. The first kappa shape index (κ1) is 12.5. The number of nitrogens with zero attached hydrogens (tertiary/aromatic N) is 1. The molecule has 0 fully saturated rings. The maximum atomic E-state index is 11.6. The van der Waals surface area contributed by atoms with Crippen LogP contribution in [0.5, 0.6) is 5.75 Å². The molecule has 0 aliphatic rings. The number of thioether (sulfide) groups is 1. The van der Waals surface area contributed by atoms with Gasteiger partial charge in [-0.15, -0.1) is 11.8 Å². The molecule has 0 spiro atoms. The zero-order valence-corrected chi connectivity index (χ0v) is 10.5. The van der Waals surface area contributed by atoms with Crippen LogP contribution in [0.15, 0.2) is 39.8 Å². The number of aromatic hydroxyl groups is 1. The van der Waals surface area contributed by atoms with Crippen LogP contribution in [0, 0.1) is 6.92 Å². The van der Waals surface area contributed by atoms with Crippen LogP contribution in [-0.4, -0.2) is 21.9 Å². The highest BCUT2D eigenvalue weighted by molar-refractivity contribution is 8.00. The van der Waals surface area contributed by atoms with Crippen molar-refractivity contribution in [2.75, 3.05) is 11.1 Å². The molecule has 1 amide bonds. The summed E-state index contributed by atoms with van der Waals surface area (Å²) in [5, 5.41) is 15.4. The lowest BCUT2D eigenvalue weighted by Gasteiger charge is -2.01. The third-order valence-electron chi connectivity index (χ3n) is 2.10. The van der Waals surface area contributed by atoms with Gasteiger partial charge in [-0.25, -0.2) is 0 Å². The van der Waals surface area contributed by atoms with Crippen molar-refractivity contribution < 1.29 is 14.4 Å². The Morgan fingerprint density at radius 1 is 1.44 bits per heavy atom. The van der Waals surface area contributed by atoms with Gasteiger partial charge in [0.05, 0.1) is 5.75 Å². The summed E-state index contributed by atoms with van der Waals surface area (Å²) < 4.78 is 4.84. The summed E-state index contributed by atoms with van der Waals surface area (Å²) >= 11 is 1.38. The van der Waals surface area contributed by atoms with Crippen molar-refractivity contribution in [1.29, 1.82) is 0 Å². The average molecular weight is 264 g/mol. The maximum Gasteiger partial charge on any atom is 0.235 e. The number of hydrogen-bond donors (Lipinski definition) is 2. The molecule has 6 heteroatoms. The smallest absolute Gasteiger partial charge is 0.235 e. The molecule has 0 radical (unpaired) electrons. The minimum atomic E-state index is -0.152. The Morgan fingerprint density at radius 2 is 2.17 bits per heavy atom. The van der Waals surface area contributed by atoms with Crippen LogP contribution in [0.2, 0.25) is 0 Å². The van der Waals surface area contributed by atoms with E-state index >= 15 is 0 Å². The predicted molar refractivity (Wildman–Crippen MR) is 68.7 cm³/mol. The van der Waals surface area contributed by atoms with E-state index in [-0.39, 0.29) is 17.4 Å². The highest BCUT2D eigenvalue weighted by atomic mass is 32.2. The van der Waals surface area contributed by atoms with Crippen LogP contribution in [-0.2, 0) is 4.79 Å². The summed E-state index contributed by atoms with van der Waals surface area (Å²) in [5.74, 6) is 1.40. The van der Waals surface area contributed by atoms with Gasteiger partial charge in [0.15, 0.2) is 5.82 Å². The van der Waals surface area contributed by atoms with E-state index in [1.54, 1.807) is 37.3 Å². The number of rotatable bonds is 4. The van der Waals surface area contributed by atoms with E-state index in [0.717, 1.165) is 4.90 Å². The quantitative estimate of drug-likeness (QED) is 0.829. The fraction of sp³-hybridized carbons (Fsp3) is 0.167. The number of amides is 1. The van der Waals surface area contributed by atoms with Gasteiger partial charge in [-0.2, -0.15) is 0 Å². The van der Waals surface area contributed by atoms with Gasteiger partial charge in [0.2, 0.25) is 5.91 Å². The first-order valence-corrected chi connectivity index (χ1v) is 6.27. The highest BCUT2D eigenvalue weighted by Crippen LogP contribution is 2.20. The van der Waals surface area contributed by atoms with Gasteiger partial charge in [-0.05, 0) is 31.2 Å². The molecule has 0 aliphatic carbocycles. The van der Waals surface area contributed by atoms with E-state index in [1.807, 2.05) is 0 Å². The SMILES string of the molecule is Cc1cc(NC(=O)CSc2ccc(O)cc2)no1. The Hall–Kier alpha value is -1.95. The molecule has 1 aromatic carbocycles. The lowest BCUT2D eigenvalue weighted by molar-refractivity contribution is -0.113. The molecule has 1 heterocycles. The fourth-order valence-electron chi connectivity index (χ4n) is 1.30. The first-order valence-electron chi connectivity index (χ1n) is 5.28. The van der Waals surface area contributed by atoms with Crippen molar-refractivity contribution in [1.82, 2.24) is 5.16 Å². The Labute approximate surface area is 108 Å². The summed E-state index contributed by atoms with van der Waals surface area (Å²) in [5.41, 5.74) is 0. The molecule has 1 aromatic heterocycles. The fourth-order valence-corrected chi connectivity index (χ4v) is 1.99. The average Bonchev–Trinajstić information content (AvgIpc) is 2.74. The highest BCUT2D eigenvalue weighted by Gasteiger charge is 2.06. The summed E-state index contributed by atoms with van der Waals surface area (Å²) in [6.45, 7) is 1.76. The summed E-state index contributed by atoms with van der Waals surface area (Å²) in [4.78, 5) is 12.5. The number of hydrogen-bond acceptors (Lipinski definition) is 5. The number of carbonyl (C=O) groups is 1.